The number of hydrogen-bond acceptors (Lipinski definition) is 6. The average Bonchev–Trinajstić information content (AvgIpc) is 3.18. The Labute approximate surface area is 233 Å². The molecule has 0 aliphatic carbocycles. The molecule has 3 fully saturated rings. The summed E-state index contributed by atoms with van der Waals surface area (Å²) in [6.07, 6.45) is 1.85. The van der Waals surface area contributed by atoms with Gasteiger partial charge in [-0.05, 0) is 76.2 Å². The largest absolute Gasteiger partial charge is 0.444 e. The van der Waals surface area contributed by atoms with E-state index in [0.29, 0.717) is 50.1 Å². The van der Waals surface area contributed by atoms with E-state index in [1.807, 2.05) is 20.8 Å². The second-order valence-electron chi connectivity index (χ2n) is 12.6. The molecule has 0 saturated carbocycles. The molecule has 1 aromatic carbocycles. The van der Waals surface area contributed by atoms with E-state index in [2.05, 4.69) is 10.2 Å². The second kappa shape index (κ2) is 10.7. The first-order valence-electron chi connectivity index (χ1n) is 14.2. The number of carbonyl (C=O) groups is 4. The van der Waals surface area contributed by atoms with Crippen LogP contribution in [0.2, 0.25) is 0 Å². The van der Waals surface area contributed by atoms with Crippen molar-refractivity contribution in [3.05, 3.63) is 34.6 Å². The van der Waals surface area contributed by atoms with E-state index in [9.17, 15) is 19.2 Å². The van der Waals surface area contributed by atoms with E-state index in [0.717, 1.165) is 0 Å². The summed E-state index contributed by atoms with van der Waals surface area (Å²) in [6, 6.07) is 2.29. The van der Waals surface area contributed by atoms with Crippen molar-refractivity contribution in [1.29, 1.82) is 0 Å². The maximum atomic E-state index is 15.7. The van der Waals surface area contributed by atoms with Gasteiger partial charge in [-0.15, -0.1) is 0 Å². The van der Waals surface area contributed by atoms with E-state index in [4.69, 9.17) is 4.74 Å². The zero-order valence-corrected chi connectivity index (χ0v) is 23.4. The summed E-state index contributed by atoms with van der Waals surface area (Å²) >= 11 is 0. The number of benzene rings is 1. The van der Waals surface area contributed by atoms with Gasteiger partial charge in [0.05, 0.1) is 0 Å². The van der Waals surface area contributed by atoms with Gasteiger partial charge < -0.3 is 19.4 Å². The third-order valence-electron chi connectivity index (χ3n) is 8.49. The minimum atomic E-state index is -1.38. The van der Waals surface area contributed by atoms with Crippen LogP contribution in [0.1, 0.15) is 86.7 Å². The summed E-state index contributed by atoms with van der Waals surface area (Å²) in [5.74, 6) is -1.73. The highest BCUT2D eigenvalue weighted by atomic mass is 19.1. The van der Waals surface area contributed by atoms with Crippen molar-refractivity contribution in [3.63, 3.8) is 0 Å². The number of likely N-dealkylation sites (tertiary alicyclic amines) is 2. The number of imide groups is 1. The SMILES string of the molecule is CC(C)(C)OC(=O)N1CCC(F)(CN2CCC(c3cc4c(cc3F)C(=O)N(C3CCC(=O)NC3=O)C4)CC2)CC1. The maximum absolute atomic E-state index is 15.7. The van der Waals surface area contributed by atoms with Crippen LogP contribution in [0.25, 0.3) is 0 Å². The van der Waals surface area contributed by atoms with Gasteiger partial charge in [0.2, 0.25) is 11.8 Å². The standard InChI is InChI=1S/C29H38F2N4O5/c1-28(2,3)40-27(39)34-12-8-29(31,9-13-34)17-33-10-6-18(7-11-33)20-14-19-16-35(26(38)21(19)15-22(20)30)23-4-5-24(36)32-25(23)37/h14-15,18,23H,4-13,16-17H2,1-3H3,(H,32,36,37). The van der Waals surface area contributed by atoms with Gasteiger partial charge in [-0.1, -0.05) is 6.07 Å². The van der Waals surface area contributed by atoms with E-state index in [-0.39, 0.29) is 56.2 Å². The smallest absolute Gasteiger partial charge is 0.410 e. The van der Waals surface area contributed by atoms with Crippen molar-refractivity contribution in [2.24, 2.45) is 0 Å². The van der Waals surface area contributed by atoms with Gasteiger partial charge in [0, 0.05) is 51.0 Å². The van der Waals surface area contributed by atoms with Crippen LogP contribution in [0, 0.1) is 5.82 Å². The molecule has 11 heteroatoms. The summed E-state index contributed by atoms with van der Waals surface area (Å²) in [6.45, 7) is 7.80. The molecule has 218 valence electrons. The van der Waals surface area contributed by atoms with E-state index in [1.165, 1.54) is 11.0 Å². The van der Waals surface area contributed by atoms with Gasteiger partial charge in [-0.25, -0.2) is 13.6 Å². The Morgan fingerprint density at radius 2 is 1.75 bits per heavy atom. The molecule has 40 heavy (non-hydrogen) atoms. The van der Waals surface area contributed by atoms with Gasteiger partial charge in [0.15, 0.2) is 0 Å². The Balaban J connectivity index is 1.16. The molecule has 5 rings (SSSR count). The molecule has 4 amide bonds. The van der Waals surface area contributed by atoms with Gasteiger partial charge in [0.25, 0.3) is 5.91 Å². The molecule has 1 unspecified atom stereocenters. The number of hydrogen-bond donors (Lipinski definition) is 1. The van der Waals surface area contributed by atoms with Crippen LogP contribution >= 0.6 is 0 Å². The Morgan fingerprint density at radius 3 is 2.38 bits per heavy atom. The first-order valence-corrected chi connectivity index (χ1v) is 14.2. The first-order chi connectivity index (χ1) is 18.8. The Bertz CT molecular complexity index is 1200. The summed E-state index contributed by atoms with van der Waals surface area (Å²) < 4.78 is 36.3. The summed E-state index contributed by atoms with van der Waals surface area (Å²) in [5, 5.41) is 2.28. The van der Waals surface area contributed by atoms with Crippen LogP contribution in [-0.4, -0.2) is 88.5 Å². The third-order valence-corrected chi connectivity index (χ3v) is 8.49. The van der Waals surface area contributed by atoms with Crippen molar-refractivity contribution >= 4 is 23.8 Å². The molecule has 0 bridgehead atoms. The summed E-state index contributed by atoms with van der Waals surface area (Å²) in [4.78, 5) is 54.2. The Morgan fingerprint density at radius 1 is 1.07 bits per heavy atom. The lowest BCUT2D eigenvalue weighted by Gasteiger charge is -2.41. The quantitative estimate of drug-likeness (QED) is 0.566. The zero-order chi connectivity index (χ0) is 28.8. The van der Waals surface area contributed by atoms with Gasteiger partial charge in [-0.2, -0.15) is 0 Å². The van der Waals surface area contributed by atoms with Crippen LogP contribution in [-0.2, 0) is 20.9 Å². The average molecular weight is 561 g/mol. The molecule has 1 atom stereocenters. The van der Waals surface area contributed by atoms with Crippen molar-refractivity contribution in [2.45, 2.75) is 89.1 Å². The molecule has 0 radical (unpaired) electrons. The molecule has 4 heterocycles. The number of fused-ring (bicyclic) bond motifs is 1. The van der Waals surface area contributed by atoms with Gasteiger partial charge in [-0.3, -0.25) is 19.7 Å². The van der Waals surface area contributed by atoms with Crippen LogP contribution in [0.15, 0.2) is 12.1 Å². The molecule has 0 spiro atoms. The van der Waals surface area contributed by atoms with Crippen LogP contribution in [0.3, 0.4) is 0 Å². The van der Waals surface area contributed by atoms with Crippen LogP contribution < -0.4 is 5.32 Å². The highest BCUT2D eigenvalue weighted by molar-refractivity contribution is 6.05. The van der Waals surface area contributed by atoms with Gasteiger partial charge in [0.1, 0.15) is 23.1 Å². The number of rotatable bonds is 4. The minimum Gasteiger partial charge on any atom is -0.444 e. The summed E-state index contributed by atoms with van der Waals surface area (Å²) in [7, 11) is 0. The predicted octanol–water partition coefficient (Wildman–Crippen LogP) is 3.51. The Hall–Kier alpha value is -3.08. The van der Waals surface area contributed by atoms with E-state index >= 15 is 8.78 Å². The monoisotopic (exact) mass is 560 g/mol. The molecule has 1 aromatic rings. The van der Waals surface area contributed by atoms with Gasteiger partial charge >= 0.3 is 6.09 Å². The highest BCUT2D eigenvalue weighted by Gasteiger charge is 2.41. The molecule has 4 aliphatic rings. The van der Waals surface area contributed by atoms with E-state index < -0.39 is 41.0 Å². The lowest BCUT2D eigenvalue weighted by atomic mass is 9.86. The number of nitrogens with one attached hydrogen (secondary N) is 1. The normalized spacial score (nSPS) is 24.2. The second-order valence-corrected chi connectivity index (χ2v) is 12.6. The molecular weight excluding hydrogens is 522 g/mol. The van der Waals surface area contributed by atoms with Crippen LogP contribution in [0.4, 0.5) is 13.6 Å². The van der Waals surface area contributed by atoms with E-state index in [1.54, 1.807) is 11.0 Å². The fraction of sp³-hybridized carbons (Fsp3) is 0.655. The fourth-order valence-corrected chi connectivity index (χ4v) is 6.30. The van der Waals surface area contributed by atoms with Crippen molar-refractivity contribution < 1.29 is 32.7 Å². The molecule has 3 saturated heterocycles. The Kier molecular flexibility index (Phi) is 7.62. The molecular formula is C29H38F2N4O5. The topological polar surface area (TPSA) is 99.3 Å². The van der Waals surface area contributed by atoms with Crippen molar-refractivity contribution in [3.8, 4) is 0 Å². The molecule has 0 aromatic heterocycles. The number of alkyl halides is 1. The molecule has 9 nitrogen and oxygen atoms in total. The minimum absolute atomic E-state index is 0.0501. The van der Waals surface area contributed by atoms with Crippen molar-refractivity contribution in [1.82, 2.24) is 20.0 Å². The predicted molar refractivity (Wildman–Crippen MR) is 142 cm³/mol. The first kappa shape index (κ1) is 28.4. The molecule has 4 aliphatic heterocycles. The lowest BCUT2D eigenvalue weighted by molar-refractivity contribution is -0.136. The number of ether oxygens (including phenoxy) is 1. The number of nitrogens with zero attached hydrogens (tertiary/aromatic N) is 3. The number of amides is 4. The van der Waals surface area contributed by atoms with Crippen LogP contribution in [0.5, 0.6) is 0 Å². The fourth-order valence-electron chi connectivity index (χ4n) is 6.30. The zero-order valence-electron chi connectivity index (χ0n) is 23.4. The highest BCUT2D eigenvalue weighted by Crippen LogP contribution is 2.37. The molecule has 1 N–H and O–H groups in total. The summed E-state index contributed by atoms with van der Waals surface area (Å²) in [5.41, 5.74) is -0.471. The number of piperidine rings is 3. The third kappa shape index (κ3) is 5.99. The lowest BCUT2D eigenvalue weighted by Crippen LogP contribution is -2.52. The van der Waals surface area contributed by atoms with Crippen molar-refractivity contribution in [2.75, 3.05) is 32.7 Å². The number of carbonyl (C=O) groups excluding carboxylic acids is 4. The number of halogens is 2. The maximum Gasteiger partial charge on any atom is 0.410 e.